The number of aromatic nitrogens is 1. The number of nitrogens with one attached hydrogen (secondary N) is 1. The number of fused-ring (bicyclic) bond motifs is 1. The van der Waals surface area contributed by atoms with Gasteiger partial charge in [0.1, 0.15) is 6.61 Å². The molecular formula is C17H23N3O2S. The van der Waals surface area contributed by atoms with Gasteiger partial charge in [0.25, 0.3) is 0 Å². The molecule has 2 heterocycles. The highest BCUT2D eigenvalue weighted by Gasteiger charge is 2.21. The molecule has 2 aromatic rings. The lowest BCUT2D eigenvalue weighted by Crippen LogP contribution is -2.39. The van der Waals surface area contributed by atoms with Crippen LogP contribution in [-0.4, -0.2) is 43.7 Å². The highest BCUT2D eigenvalue weighted by atomic mass is 32.1. The molecule has 1 fully saturated rings. The van der Waals surface area contributed by atoms with E-state index in [0.29, 0.717) is 12.5 Å². The van der Waals surface area contributed by atoms with E-state index in [1.165, 1.54) is 4.70 Å². The maximum Gasteiger partial charge on any atom is 0.246 e. The fourth-order valence-electron chi connectivity index (χ4n) is 2.83. The van der Waals surface area contributed by atoms with Crippen LogP contribution in [0.1, 0.15) is 19.8 Å². The van der Waals surface area contributed by atoms with Gasteiger partial charge in [-0.2, -0.15) is 0 Å². The van der Waals surface area contributed by atoms with Gasteiger partial charge in [0, 0.05) is 26.2 Å². The average molecular weight is 333 g/mol. The molecule has 0 saturated carbocycles. The van der Waals surface area contributed by atoms with E-state index >= 15 is 0 Å². The Kier molecular flexibility index (Phi) is 5.46. The third-order valence-corrected chi connectivity index (χ3v) is 5.29. The summed E-state index contributed by atoms with van der Waals surface area (Å²) in [5, 5.41) is 4.08. The zero-order valence-corrected chi connectivity index (χ0v) is 14.3. The van der Waals surface area contributed by atoms with Crippen molar-refractivity contribution in [3.8, 4) is 0 Å². The molecule has 0 unspecified atom stereocenters. The number of amides is 1. The Morgan fingerprint density at radius 1 is 1.39 bits per heavy atom. The molecule has 0 spiro atoms. The SMILES string of the molecule is CCOCC(=O)NCC1CCN(c2nc3ccccc3s2)CC1. The topological polar surface area (TPSA) is 54.5 Å². The maximum absolute atomic E-state index is 11.6. The Labute approximate surface area is 140 Å². The lowest BCUT2D eigenvalue weighted by Gasteiger charge is -2.31. The summed E-state index contributed by atoms with van der Waals surface area (Å²) in [4.78, 5) is 18.7. The molecule has 1 aromatic carbocycles. The maximum atomic E-state index is 11.6. The Morgan fingerprint density at radius 2 is 2.17 bits per heavy atom. The number of nitrogens with zero attached hydrogens (tertiary/aromatic N) is 2. The molecule has 5 nitrogen and oxygen atoms in total. The quantitative estimate of drug-likeness (QED) is 0.883. The zero-order valence-electron chi connectivity index (χ0n) is 13.5. The fourth-order valence-corrected chi connectivity index (χ4v) is 3.84. The highest BCUT2D eigenvalue weighted by Crippen LogP contribution is 2.31. The summed E-state index contributed by atoms with van der Waals surface area (Å²) in [6.07, 6.45) is 2.18. The summed E-state index contributed by atoms with van der Waals surface area (Å²) in [6, 6.07) is 8.28. The number of anilines is 1. The largest absolute Gasteiger partial charge is 0.372 e. The molecule has 3 rings (SSSR count). The van der Waals surface area contributed by atoms with Crippen LogP contribution in [0, 0.1) is 5.92 Å². The molecule has 0 bridgehead atoms. The van der Waals surface area contributed by atoms with Crippen molar-refractivity contribution in [2.45, 2.75) is 19.8 Å². The molecular weight excluding hydrogens is 310 g/mol. The van der Waals surface area contributed by atoms with E-state index in [2.05, 4.69) is 28.4 Å². The molecule has 1 N–H and O–H groups in total. The molecule has 124 valence electrons. The van der Waals surface area contributed by atoms with Crippen LogP contribution in [-0.2, 0) is 9.53 Å². The van der Waals surface area contributed by atoms with Gasteiger partial charge in [0.2, 0.25) is 5.91 Å². The van der Waals surface area contributed by atoms with Gasteiger partial charge in [-0.05, 0) is 37.8 Å². The van der Waals surface area contributed by atoms with Crippen LogP contribution < -0.4 is 10.2 Å². The van der Waals surface area contributed by atoms with Crippen molar-refractivity contribution in [3.63, 3.8) is 0 Å². The third kappa shape index (κ3) is 4.20. The van der Waals surface area contributed by atoms with Crippen molar-refractivity contribution in [2.75, 3.05) is 37.7 Å². The Bertz CT molecular complexity index is 617. The molecule has 0 atom stereocenters. The van der Waals surface area contributed by atoms with E-state index in [4.69, 9.17) is 9.72 Å². The molecule has 6 heteroatoms. The fraction of sp³-hybridized carbons (Fsp3) is 0.529. The van der Waals surface area contributed by atoms with E-state index in [9.17, 15) is 4.79 Å². The summed E-state index contributed by atoms with van der Waals surface area (Å²) >= 11 is 1.76. The van der Waals surface area contributed by atoms with Crippen molar-refractivity contribution in [1.82, 2.24) is 10.3 Å². The summed E-state index contributed by atoms with van der Waals surface area (Å²) < 4.78 is 6.36. The molecule has 0 radical (unpaired) electrons. The van der Waals surface area contributed by atoms with Gasteiger partial charge < -0.3 is 15.0 Å². The van der Waals surface area contributed by atoms with E-state index in [1.54, 1.807) is 11.3 Å². The normalized spacial score (nSPS) is 16.0. The number of thiazole rings is 1. The van der Waals surface area contributed by atoms with Gasteiger partial charge in [-0.3, -0.25) is 4.79 Å². The van der Waals surface area contributed by atoms with E-state index in [0.717, 1.165) is 43.1 Å². The molecule has 1 amide bonds. The highest BCUT2D eigenvalue weighted by molar-refractivity contribution is 7.22. The standard InChI is InChI=1S/C17H23N3O2S/c1-2-22-12-16(21)18-11-13-7-9-20(10-8-13)17-19-14-5-3-4-6-15(14)23-17/h3-6,13H,2,7-12H2,1H3,(H,18,21). The van der Waals surface area contributed by atoms with Gasteiger partial charge >= 0.3 is 0 Å². The molecule has 23 heavy (non-hydrogen) atoms. The van der Waals surface area contributed by atoms with Gasteiger partial charge in [0.15, 0.2) is 5.13 Å². The number of carbonyl (C=O) groups is 1. The lowest BCUT2D eigenvalue weighted by molar-refractivity contribution is -0.125. The van der Waals surface area contributed by atoms with Gasteiger partial charge in [-0.15, -0.1) is 0 Å². The summed E-state index contributed by atoms with van der Waals surface area (Å²) in [7, 11) is 0. The minimum Gasteiger partial charge on any atom is -0.372 e. The zero-order chi connectivity index (χ0) is 16.1. The molecule has 1 aromatic heterocycles. The number of benzene rings is 1. The first-order valence-electron chi connectivity index (χ1n) is 8.21. The smallest absolute Gasteiger partial charge is 0.246 e. The summed E-state index contributed by atoms with van der Waals surface area (Å²) in [6.45, 7) is 5.40. The van der Waals surface area contributed by atoms with Crippen molar-refractivity contribution in [2.24, 2.45) is 5.92 Å². The van der Waals surface area contributed by atoms with Gasteiger partial charge in [-0.1, -0.05) is 23.5 Å². The van der Waals surface area contributed by atoms with Crippen LogP contribution in [0.2, 0.25) is 0 Å². The van der Waals surface area contributed by atoms with Crippen molar-refractivity contribution >= 4 is 32.6 Å². The number of hydrogen-bond acceptors (Lipinski definition) is 5. The minimum absolute atomic E-state index is 0.0135. The Hall–Kier alpha value is -1.66. The first-order chi connectivity index (χ1) is 11.3. The number of rotatable bonds is 6. The van der Waals surface area contributed by atoms with Crippen LogP contribution in [0.4, 0.5) is 5.13 Å². The molecule has 1 aliphatic rings. The van der Waals surface area contributed by atoms with Crippen LogP contribution in [0.5, 0.6) is 0 Å². The van der Waals surface area contributed by atoms with Crippen molar-refractivity contribution in [3.05, 3.63) is 24.3 Å². The first-order valence-corrected chi connectivity index (χ1v) is 9.03. The predicted octanol–water partition coefficient (Wildman–Crippen LogP) is 2.67. The Morgan fingerprint density at radius 3 is 2.91 bits per heavy atom. The molecule has 1 aliphatic heterocycles. The van der Waals surface area contributed by atoms with Crippen LogP contribution in [0.25, 0.3) is 10.2 Å². The Balaban J connectivity index is 1.47. The number of para-hydroxylation sites is 1. The van der Waals surface area contributed by atoms with E-state index < -0.39 is 0 Å². The number of ether oxygens (including phenoxy) is 1. The van der Waals surface area contributed by atoms with Crippen molar-refractivity contribution in [1.29, 1.82) is 0 Å². The van der Waals surface area contributed by atoms with E-state index in [1.807, 2.05) is 13.0 Å². The second kappa shape index (κ2) is 7.75. The van der Waals surface area contributed by atoms with Crippen LogP contribution in [0.15, 0.2) is 24.3 Å². The summed E-state index contributed by atoms with van der Waals surface area (Å²) in [5.74, 6) is 0.534. The van der Waals surface area contributed by atoms with E-state index in [-0.39, 0.29) is 12.5 Å². The van der Waals surface area contributed by atoms with Crippen LogP contribution in [0.3, 0.4) is 0 Å². The average Bonchev–Trinajstić information content (AvgIpc) is 3.02. The number of hydrogen-bond donors (Lipinski definition) is 1. The third-order valence-electron chi connectivity index (χ3n) is 4.19. The van der Waals surface area contributed by atoms with Gasteiger partial charge in [-0.25, -0.2) is 4.98 Å². The monoisotopic (exact) mass is 333 g/mol. The molecule has 0 aliphatic carbocycles. The molecule has 1 saturated heterocycles. The predicted molar refractivity (Wildman–Crippen MR) is 94.1 cm³/mol. The minimum atomic E-state index is -0.0135. The summed E-state index contributed by atoms with van der Waals surface area (Å²) in [5.41, 5.74) is 1.08. The number of piperidine rings is 1. The second-order valence-electron chi connectivity index (χ2n) is 5.84. The number of carbonyl (C=O) groups excluding carboxylic acids is 1. The second-order valence-corrected chi connectivity index (χ2v) is 6.84. The first kappa shape index (κ1) is 16.2. The lowest BCUT2D eigenvalue weighted by atomic mass is 9.97. The van der Waals surface area contributed by atoms with Gasteiger partial charge in [0.05, 0.1) is 10.2 Å². The van der Waals surface area contributed by atoms with Crippen molar-refractivity contribution < 1.29 is 9.53 Å². The van der Waals surface area contributed by atoms with Crippen LogP contribution >= 0.6 is 11.3 Å².